The van der Waals surface area contributed by atoms with Gasteiger partial charge < -0.3 is 10.2 Å². The zero-order chi connectivity index (χ0) is 10.5. The molecule has 2 unspecified atom stereocenters. The van der Waals surface area contributed by atoms with E-state index in [4.69, 9.17) is 5.11 Å². The van der Waals surface area contributed by atoms with Gasteiger partial charge in [-0.15, -0.1) is 0 Å². The smallest absolute Gasteiger partial charge is 0.0591 e. The van der Waals surface area contributed by atoms with Crippen LogP contribution < -0.4 is 0 Å². The van der Waals surface area contributed by atoms with Crippen LogP contribution in [0.25, 0.3) is 0 Å². The Morgan fingerprint density at radius 2 is 1.77 bits per heavy atom. The van der Waals surface area contributed by atoms with E-state index in [1.807, 2.05) is 20.8 Å². The lowest BCUT2D eigenvalue weighted by molar-refractivity contribution is 0.0660. The topological polar surface area (TPSA) is 40.5 Å². The molecule has 80 valence electrons. The highest BCUT2D eigenvalue weighted by Gasteiger charge is 2.13. The van der Waals surface area contributed by atoms with Gasteiger partial charge in [0.2, 0.25) is 0 Å². The zero-order valence-electron chi connectivity index (χ0n) is 9.38. The lowest BCUT2D eigenvalue weighted by Gasteiger charge is -2.18. The average Bonchev–Trinajstić information content (AvgIpc) is 1.81. The maximum atomic E-state index is 9.46. The Kier molecular flexibility index (Phi) is 5.57. The lowest BCUT2D eigenvalue weighted by atomic mass is 9.94. The summed E-state index contributed by atoms with van der Waals surface area (Å²) in [4.78, 5) is 0. The molecule has 0 saturated carbocycles. The van der Waals surface area contributed by atoms with Crippen LogP contribution in [-0.2, 0) is 0 Å². The molecule has 0 aliphatic carbocycles. The summed E-state index contributed by atoms with van der Waals surface area (Å²) >= 11 is 0. The van der Waals surface area contributed by atoms with Crippen molar-refractivity contribution in [2.75, 3.05) is 0 Å². The van der Waals surface area contributed by atoms with Gasteiger partial charge in [-0.25, -0.2) is 0 Å². The first kappa shape index (κ1) is 12.9. The van der Waals surface area contributed by atoms with Crippen molar-refractivity contribution in [3.05, 3.63) is 0 Å². The van der Waals surface area contributed by atoms with Crippen molar-refractivity contribution in [3.8, 4) is 0 Å². The molecule has 0 aromatic carbocycles. The Labute approximate surface area is 82.0 Å². The summed E-state index contributed by atoms with van der Waals surface area (Å²) in [7, 11) is 0. The highest BCUT2D eigenvalue weighted by Crippen LogP contribution is 2.18. The number of hydrogen-bond donors (Lipinski definition) is 2. The van der Waals surface area contributed by atoms with E-state index in [0.29, 0.717) is 5.92 Å². The Morgan fingerprint density at radius 3 is 2.15 bits per heavy atom. The molecule has 0 radical (unpaired) electrons. The van der Waals surface area contributed by atoms with Crippen LogP contribution in [0.3, 0.4) is 0 Å². The van der Waals surface area contributed by atoms with Gasteiger partial charge in [0.15, 0.2) is 0 Å². The van der Waals surface area contributed by atoms with Crippen molar-refractivity contribution in [2.45, 2.75) is 65.1 Å². The second kappa shape index (κ2) is 5.61. The monoisotopic (exact) mass is 188 g/mol. The molecule has 2 nitrogen and oxygen atoms in total. The molecule has 0 aromatic heterocycles. The van der Waals surface area contributed by atoms with Gasteiger partial charge in [0, 0.05) is 0 Å². The zero-order valence-corrected chi connectivity index (χ0v) is 9.38. The summed E-state index contributed by atoms with van der Waals surface area (Å²) in [5, 5.41) is 18.6. The third kappa shape index (κ3) is 9.84. The number of hydrogen-bond acceptors (Lipinski definition) is 2. The van der Waals surface area contributed by atoms with Gasteiger partial charge in [0.1, 0.15) is 0 Å². The summed E-state index contributed by atoms with van der Waals surface area (Å²) in [6, 6.07) is 0. The standard InChI is InChI=1S/C11H24O2/c1-9(8-10(2)12)6-5-7-11(3,4)13/h9-10,12-13H,5-8H2,1-4H3. The van der Waals surface area contributed by atoms with Crippen LogP contribution >= 0.6 is 0 Å². The minimum atomic E-state index is -0.537. The molecular weight excluding hydrogens is 164 g/mol. The molecule has 2 heteroatoms. The molecule has 0 bridgehead atoms. The third-order valence-corrected chi connectivity index (χ3v) is 2.23. The molecular formula is C11H24O2. The molecule has 0 aliphatic heterocycles. The second-order valence-corrected chi connectivity index (χ2v) is 4.89. The Hall–Kier alpha value is -0.0800. The Bertz CT molecular complexity index is 125. The van der Waals surface area contributed by atoms with E-state index in [1.54, 1.807) is 0 Å². The first-order chi connectivity index (χ1) is 5.81. The molecule has 0 amide bonds. The summed E-state index contributed by atoms with van der Waals surface area (Å²) in [6.07, 6.45) is 3.65. The highest BCUT2D eigenvalue weighted by atomic mass is 16.3. The quantitative estimate of drug-likeness (QED) is 0.671. The minimum absolute atomic E-state index is 0.197. The predicted octanol–water partition coefficient (Wildman–Crippen LogP) is 2.33. The first-order valence-electron chi connectivity index (χ1n) is 5.21. The van der Waals surface area contributed by atoms with E-state index in [2.05, 4.69) is 6.92 Å². The SMILES string of the molecule is CC(O)CC(C)CCCC(C)(C)O. The summed E-state index contributed by atoms with van der Waals surface area (Å²) in [6.45, 7) is 7.66. The van der Waals surface area contributed by atoms with Gasteiger partial charge in [-0.1, -0.05) is 19.8 Å². The maximum Gasteiger partial charge on any atom is 0.0591 e. The molecule has 0 aromatic rings. The summed E-state index contributed by atoms with van der Waals surface area (Å²) in [5.41, 5.74) is -0.537. The predicted molar refractivity (Wildman–Crippen MR) is 55.6 cm³/mol. The van der Waals surface area contributed by atoms with E-state index in [-0.39, 0.29) is 6.10 Å². The summed E-state index contributed by atoms with van der Waals surface area (Å²) < 4.78 is 0. The molecule has 0 rings (SSSR count). The van der Waals surface area contributed by atoms with Gasteiger partial charge in [-0.05, 0) is 39.5 Å². The maximum absolute atomic E-state index is 9.46. The van der Waals surface area contributed by atoms with Crippen LogP contribution in [0.4, 0.5) is 0 Å². The van der Waals surface area contributed by atoms with E-state index in [1.165, 1.54) is 0 Å². The molecule has 0 aliphatic rings. The molecule has 2 atom stereocenters. The third-order valence-electron chi connectivity index (χ3n) is 2.23. The van der Waals surface area contributed by atoms with Crippen LogP contribution in [0, 0.1) is 5.92 Å². The number of aliphatic hydroxyl groups is 2. The minimum Gasteiger partial charge on any atom is -0.393 e. The summed E-state index contributed by atoms with van der Waals surface area (Å²) in [5.74, 6) is 0.558. The van der Waals surface area contributed by atoms with Crippen molar-refractivity contribution in [1.82, 2.24) is 0 Å². The van der Waals surface area contributed by atoms with E-state index < -0.39 is 5.60 Å². The largest absolute Gasteiger partial charge is 0.393 e. The van der Waals surface area contributed by atoms with Gasteiger partial charge in [-0.2, -0.15) is 0 Å². The van der Waals surface area contributed by atoms with Crippen LogP contribution in [0.5, 0.6) is 0 Å². The lowest BCUT2D eigenvalue weighted by Crippen LogP contribution is -2.18. The second-order valence-electron chi connectivity index (χ2n) is 4.89. The van der Waals surface area contributed by atoms with E-state index in [0.717, 1.165) is 25.7 Å². The molecule has 0 spiro atoms. The number of rotatable bonds is 6. The fourth-order valence-electron chi connectivity index (χ4n) is 1.58. The fraction of sp³-hybridized carbons (Fsp3) is 1.00. The van der Waals surface area contributed by atoms with Gasteiger partial charge in [-0.3, -0.25) is 0 Å². The average molecular weight is 188 g/mol. The molecule has 13 heavy (non-hydrogen) atoms. The van der Waals surface area contributed by atoms with Crippen LogP contribution in [0.2, 0.25) is 0 Å². The first-order valence-corrected chi connectivity index (χ1v) is 5.21. The van der Waals surface area contributed by atoms with Crippen molar-refractivity contribution >= 4 is 0 Å². The normalized spacial score (nSPS) is 17.1. The Morgan fingerprint density at radius 1 is 1.23 bits per heavy atom. The molecule has 0 fully saturated rings. The van der Waals surface area contributed by atoms with Crippen LogP contribution in [0.1, 0.15) is 53.4 Å². The van der Waals surface area contributed by atoms with Crippen molar-refractivity contribution in [1.29, 1.82) is 0 Å². The van der Waals surface area contributed by atoms with Crippen molar-refractivity contribution < 1.29 is 10.2 Å². The van der Waals surface area contributed by atoms with E-state index in [9.17, 15) is 5.11 Å². The van der Waals surface area contributed by atoms with Crippen LogP contribution in [-0.4, -0.2) is 21.9 Å². The molecule has 2 N–H and O–H groups in total. The fourth-order valence-corrected chi connectivity index (χ4v) is 1.58. The Balaban J connectivity index is 3.42. The van der Waals surface area contributed by atoms with Gasteiger partial charge in [0.25, 0.3) is 0 Å². The molecule has 0 heterocycles. The molecule has 0 saturated heterocycles. The van der Waals surface area contributed by atoms with E-state index >= 15 is 0 Å². The van der Waals surface area contributed by atoms with Crippen molar-refractivity contribution in [3.63, 3.8) is 0 Å². The van der Waals surface area contributed by atoms with Crippen LogP contribution in [0.15, 0.2) is 0 Å². The van der Waals surface area contributed by atoms with Gasteiger partial charge in [0.05, 0.1) is 11.7 Å². The van der Waals surface area contributed by atoms with Crippen molar-refractivity contribution in [2.24, 2.45) is 5.92 Å². The van der Waals surface area contributed by atoms with Gasteiger partial charge >= 0.3 is 0 Å². The highest BCUT2D eigenvalue weighted by molar-refractivity contribution is 4.66. The number of aliphatic hydroxyl groups excluding tert-OH is 1.